The van der Waals surface area contributed by atoms with E-state index in [0.29, 0.717) is 6.54 Å². The summed E-state index contributed by atoms with van der Waals surface area (Å²) in [5.74, 6) is -1.77. The topological polar surface area (TPSA) is 84.3 Å². The molecular weight excluding hydrogens is 406 g/mol. The zero-order valence-electron chi connectivity index (χ0n) is 18.1. The fourth-order valence-corrected chi connectivity index (χ4v) is 5.15. The van der Waals surface area contributed by atoms with Crippen molar-refractivity contribution in [3.8, 4) is 0 Å². The van der Waals surface area contributed by atoms with Crippen LogP contribution in [0.4, 0.5) is 0 Å². The second-order valence-corrected chi connectivity index (χ2v) is 8.72. The first-order valence-corrected chi connectivity index (χ1v) is 11.1. The summed E-state index contributed by atoms with van der Waals surface area (Å²) in [6.07, 6.45) is 1.83. The number of hydrazine groups is 1. The third-order valence-electron chi connectivity index (χ3n) is 6.76. The molecule has 0 saturated carbocycles. The van der Waals surface area contributed by atoms with Crippen LogP contribution in [0.5, 0.6) is 0 Å². The number of ketones is 1. The fraction of sp³-hybridized carbons (Fsp3) is 0.360. The number of benzene rings is 2. The van der Waals surface area contributed by atoms with E-state index < -0.39 is 23.4 Å². The Morgan fingerprint density at radius 2 is 1.56 bits per heavy atom. The lowest BCUT2D eigenvalue weighted by molar-refractivity contribution is -0.162. The first-order chi connectivity index (χ1) is 15.5. The van der Waals surface area contributed by atoms with Gasteiger partial charge in [0, 0.05) is 19.0 Å². The van der Waals surface area contributed by atoms with Crippen molar-refractivity contribution in [2.45, 2.75) is 25.8 Å². The number of hydrogen-bond acceptors (Lipinski definition) is 6. The van der Waals surface area contributed by atoms with E-state index in [4.69, 9.17) is 0 Å². The lowest BCUT2D eigenvalue weighted by atomic mass is 9.92. The molecule has 2 aromatic rings. The summed E-state index contributed by atoms with van der Waals surface area (Å²) in [5.41, 5.74) is 4.80. The number of aryl methyl sites for hydroxylation is 2. The van der Waals surface area contributed by atoms with Gasteiger partial charge in [-0.3, -0.25) is 14.6 Å². The van der Waals surface area contributed by atoms with Gasteiger partial charge in [0.15, 0.2) is 11.5 Å². The normalized spacial score (nSPS) is 21.9. The maximum atomic E-state index is 13.2. The van der Waals surface area contributed by atoms with E-state index >= 15 is 0 Å². The number of amides is 1. The Morgan fingerprint density at radius 3 is 2.16 bits per heavy atom. The molecule has 1 atom stereocenters. The molecule has 5 rings (SSSR count). The molecule has 2 N–H and O–H groups in total. The Bertz CT molecular complexity index is 1060. The Labute approximate surface area is 187 Å². The molecule has 1 aliphatic carbocycles. The Balaban J connectivity index is 1.71. The Morgan fingerprint density at radius 1 is 0.969 bits per heavy atom. The van der Waals surface area contributed by atoms with Gasteiger partial charge in [0.05, 0.1) is 19.3 Å². The molecule has 1 amide bonds. The van der Waals surface area contributed by atoms with Gasteiger partial charge in [-0.1, -0.05) is 55.5 Å². The molecule has 1 saturated heterocycles. The number of nitrogens with zero attached hydrogens (tertiary/aromatic N) is 3. The smallest absolute Gasteiger partial charge is 0.276 e. The molecule has 2 aliphatic heterocycles. The molecule has 32 heavy (non-hydrogen) atoms. The standard InChI is InChI=1S/C25H27N3O4/c1-16-14-27-22(24(31)23(16)30)25(32)26(12-13-29)15-28(27)21-19-8-4-2-6-17(19)10-11-18-7-3-5-9-20(18)21/h2-9,16,21,29,31H,10-15H2,1H3. The van der Waals surface area contributed by atoms with Gasteiger partial charge in [-0.05, 0) is 35.1 Å². The van der Waals surface area contributed by atoms with E-state index in [2.05, 4.69) is 29.3 Å². The minimum absolute atomic E-state index is 0.00649. The van der Waals surface area contributed by atoms with Crippen molar-refractivity contribution in [3.05, 3.63) is 82.2 Å². The molecule has 2 aromatic carbocycles. The Kier molecular flexibility index (Phi) is 5.23. The molecule has 7 nitrogen and oxygen atoms in total. The highest BCUT2D eigenvalue weighted by Crippen LogP contribution is 2.41. The second kappa shape index (κ2) is 8.07. The van der Waals surface area contributed by atoms with Gasteiger partial charge in [-0.2, -0.15) is 5.01 Å². The number of fused-ring (bicyclic) bond motifs is 3. The number of β-amino-alcohol motifs (C(OH)–C–C–N with tert-alkyl or cyclic N) is 1. The number of carbonyl (C=O) groups is 2. The van der Waals surface area contributed by atoms with Crippen LogP contribution in [-0.2, 0) is 22.4 Å². The molecule has 1 fully saturated rings. The van der Waals surface area contributed by atoms with Crippen molar-refractivity contribution in [1.29, 1.82) is 0 Å². The van der Waals surface area contributed by atoms with E-state index in [1.165, 1.54) is 16.0 Å². The number of aliphatic hydroxyl groups excluding tert-OH is 2. The largest absolute Gasteiger partial charge is 0.503 e. The van der Waals surface area contributed by atoms with Crippen LogP contribution < -0.4 is 0 Å². The maximum absolute atomic E-state index is 13.2. The lowest BCUT2D eigenvalue weighted by Crippen LogP contribution is -2.62. The Hall–Kier alpha value is -3.16. The number of allylic oxidation sites excluding steroid dienone is 1. The predicted molar refractivity (Wildman–Crippen MR) is 118 cm³/mol. The molecule has 0 spiro atoms. The van der Waals surface area contributed by atoms with Crippen LogP contribution in [0.15, 0.2) is 60.0 Å². The van der Waals surface area contributed by atoms with Crippen molar-refractivity contribution in [2.24, 2.45) is 5.92 Å². The highest BCUT2D eigenvalue weighted by molar-refractivity contribution is 6.05. The third-order valence-corrected chi connectivity index (χ3v) is 6.76. The summed E-state index contributed by atoms with van der Waals surface area (Å²) in [4.78, 5) is 27.2. The minimum atomic E-state index is -0.489. The summed E-state index contributed by atoms with van der Waals surface area (Å²) >= 11 is 0. The van der Waals surface area contributed by atoms with Gasteiger partial charge < -0.3 is 15.1 Å². The van der Waals surface area contributed by atoms with Crippen molar-refractivity contribution >= 4 is 11.7 Å². The minimum Gasteiger partial charge on any atom is -0.503 e. The van der Waals surface area contributed by atoms with Gasteiger partial charge in [0.25, 0.3) is 5.91 Å². The SMILES string of the molecule is CC1CN2C(=C(O)C1=O)C(=O)N(CCO)CN2C1c2ccccc2CCc2ccccc21. The van der Waals surface area contributed by atoms with Crippen molar-refractivity contribution < 1.29 is 19.8 Å². The zero-order valence-corrected chi connectivity index (χ0v) is 18.1. The molecule has 0 bridgehead atoms. The zero-order chi connectivity index (χ0) is 22.4. The summed E-state index contributed by atoms with van der Waals surface area (Å²) in [6, 6.07) is 16.5. The average molecular weight is 434 g/mol. The van der Waals surface area contributed by atoms with Crippen LogP contribution in [-0.4, -0.2) is 63.2 Å². The van der Waals surface area contributed by atoms with Crippen LogP contribution >= 0.6 is 0 Å². The van der Waals surface area contributed by atoms with Crippen LogP contribution in [0.25, 0.3) is 0 Å². The van der Waals surface area contributed by atoms with Crippen LogP contribution in [0.3, 0.4) is 0 Å². The summed E-state index contributed by atoms with van der Waals surface area (Å²) in [7, 11) is 0. The first kappa shape index (κ1) is 20.7. The van der Waals surface area contributed by atoms with E-state index in [-0.39, 0.29) is 31.6 Å². The van der Waals surface area contributed by atoms with Gasteiger partial charge in [-0.15, -0.1) is 0 Å². The van der Waals surface area contributed by atoms with E-state index in [1.807, 2.05) is 24.3 Å². The number of hydrogen-bond donors (Lipinski definition) is 2. The van der Waals surface area contributed by atoms with E-state index in [9.17, 15) is 19.8 Å². The lowest BCUT2D eigenvalue weighted by Gasteiger charge is -2.51. The molecular formula is C25H27N3O4. The van der Waals surface area contributed by atoms with Crippen LogP contribution in [0.1, 0.15) is 35.2 Å². The molecule has 2 heterocycles. The molecule has 1 unspecified atom stereocenters. The van der Waals surface area contributed by atoms with Gasteiger partial charge in [-0.25, -0.2) is 0 Å². The predicted octanol–water partition coefficient (Wildman–Crippen LogP) is 2.17. The molecule has 166 valence electrons. The first-order valence-electron chi connectivity index (χ1n) is 11.1. The number of rotatable bonds is 3. The number of aliphatic hydroxyl groups is 2. The van der Waals surface area contributed by atoms with Crippen molar-refractivity contribution in [1.82, 2.24) is 14.9 Å². The number of carbonyl (C=O) groups excluding carboxylic acids is 2. The molecule has 0 radical (unpaired) electrons. The van der Waals surface area contributed by atoms with Gasteiger partial charge in [0.2, 0.25) is 5.78 Å². The quantitative estimate of drug-likeness (QED) is 0.772. The second-order valence-electron chi connectivity index (χ2n) is 8.72. The molecule has 0 aromatic heterocycles. The summed E-state index contributed by atoms with van der Waals surface area (Å²) < 4.78 is 0. The van der Waals surface area contributed by atoms with Gasteiger partial charge in [0.1, 0.15) is 0 Å². The molecule has 7 heteroatoms. The number of Topliss-reactive ketones (excluding diaryl/α,β-unsaturated/α-hetero) is 1. The monoisotopic (exact) mass is 433 g/mol. The van der Waals surface area contributed by atoms with Crippen LogP contribution in [0.2, 0.25) is 0 Å². The van der Waals surface area contributed by atoms with Crippen LogP contribution in [0, 0.1) is 5.92 Å². The highest BCUT2D eigenvalue weighted by atomic mass is 16.3. The van der Waals surface area contributed by atoms with Gasteiger partial charge >= 0.3 is 0 Å². The summed E-state index contributed by atoms with van der Waals surface area (Å²) in [6.45, 7) is 2.27. The maximum Gasteiger partial charge on any atom is 0.276 e. The van der Waals surface area contributed by atoms with E-state index in [1.54, 1.807) is 11.9 Å². The molecule has 3 aliphatic rings. The van der Waals surface area contributed by atoms with E-state index in [0.717, 1.165) is 24.0 Å². The fourth-order valence-electron chi connectivity index (χ4n) is 5.15. The van der Waals surface area contributed by atoms with Crippen molar-refractivity contribution in [2.75, 3.05) is 26.4 Å². The van der Waals surface area contributed by atoms with Crippen molar-refractivity contribution in [3.63, 3.8) is 0 Å². The third kappa shape index (κ3) is 3.20. The average Bonchev–Trinajstić information content (AvgIpc) is 2.96. The highest BCUT2D eigenvalue weighted by Gasteiger charge is 2.46. The summed E-state index contributed by atoms with van der Waals surface area (Å²) in [5, 5.41) is 24.2.